The highest BCUT2D eigenvalue weighted by molar-refractivity contribution is 7.10. The molecular weight excluding hydrogens is 244 g/mol. The fourth-order valence-corrected chi connectivity index (χ4v) is 3.07. The molecule has 2 aromatic rings. The van der Waals surface area contributed by atoms with Crippen molar-refractivity contribution in [1.29, 1.82) is 0 Å². The minimum absolute atomic E-state index is 0.0878. The van der Waals surface area contributed by atoms with Gasteiger partial charge in [0.05, 0.1) is 5.56 Å². The van der Waals surface area contributed by atoms with Crippen molar-refractivity contribution in [2.24, 2.45) is 0 Å². The Balaban J connectivity index is 1.53. The van der Waals surface area contributed by atoms with E-state index in [1.807, 2.05) is 18.2 Å². The van der Waals surface area contributed by atoms with Crippen LogP contribution >= 0.6 is 11.3 Å². The fourth-order valence-electron chi connectivity index (χ4n) is 2.21. The lowest BCUT2D eigenvalue weighted by atomic mass is 9.81. The van der Waals surface area contributed by atoms with Crippen molar-refractivity contribution in [1.82, 2.24) is 0 Å². The highest BCUT2D eigenvalue weighted by Gasteiger charge is 2.33. The lowest BCUT2D eigenvalue weighted by Crippen LogP contribution is -2.31. The standard InChI is InChI=1S/C15H14O2S/c16-15(11-5-2-1-3-6-11)17-13-9-12(10-13)14-7-4-8-18-14/h1-8,12-13H,9-10H2. The first kappa shape index (κ1) is 11.5. The largest absolute Gasteiger partial charge is 0.459 e. The molecule has 3 heteroatoms. The smallest absolute Gasteiger partial charge is 0.338 e. The summed E-state index contributed by atoms with van der Waals surface area (Å²) in [7, 11) is 0. The molecule has 1 heterocycles. The molecule has 1 fully saturated rings. The summed E-state index contributed by atoms with van der Waals surface area (Å²) in [6.45, 7) is 0. The summed E-state index contributed by atoms with van der Waals surface area (Å²) in [6, 6.07) is 13.4. The third-order valence-electron chi connectivity index (χ3n) is 3.32. The van der Waals surface area contributed by atoms with E-state index >= 15 is 0 Å². The van der Waals surface area contributed by atoms with Gasteiger partial charge in [-0.2, -0.15) is 0 Å². The molecule has 0 bridgehead atoms. The first-order chi connectivity index (χ1) is 8.83. The molecule has 1 aromatic carbocycles. The van der Waals surface area contributed by atoms with Crippen molar-refractivity contribution in [3.63, 3.8) is 0 Å². The van der Waals surface area contributed by atoms with Crippen LogP contribution in [0.4, 0.5) is 0 Å². The Hall–Kier alpha value is -1.61. The minimum atomic E-state index is -0.203. The third-order valence-corrected chi connectivity index (χ3v) is 4.36. The lowest BCUT2D eigenvalue weighted by molar-refractivity contribution is 0.00250. The summed E-state index contributed by atoms with van der Waals surface area (Å²) < 4.78 is 5.47. The van der Waals surface area contributed by atoms with Gasteiger partial charge in [0.1, 0.15) is 6.10 Å². The number of carbonyl (C=O) groups excluding carboxylic acids is 1. The molecule has 1 aliphatic carbocycles. The van der Waals surface area contributed by atoms with Crippen LogP contribution in [0.2, 0.25) is 0 Å². The maximum atomic E-state index is 11.8. The molecule has 18 heavy (non-hydrogen) atoms. The highest BCUT2D eigenvalue weighted by atomic mass is 32.1. The van der Waals surface area contributed by atoms with Crippen molar-refractivity contribution >= 4 is 17.3 Å². The number of thiophene rings is 1. The topological polar surface area (TPSA) is 26.3 Å². The summed E-state index contributed by atoms with van der Waals surface area (Å²) in [4.78, 5) is 13.2. The van der Waals surface area contributed by atoms with Gasteiger partial charge in [-0.1, -0.05) is 24.3 Å². The Bertz CT molecular complexity index is 513. The molecule has 1 aliphatic rings. The summed E-state index contributed by atoms with van der Waals surface area (Å²) >= 11 is 1.78. The molecule has 3 rings (SSSR count). The monoisotopic (exact) mass is 258 g/mol. The van der Waals surface area contributed by atoms with Crippen LogP contribution in [0, 0.1) is 0 Å². The average molecular weight is 258 g/mol. The van der Waals surface area contributed by atoms with Crippen molar-refractivity contribution < 1.29 is 9.53 Å². The Kier molecular flexibility index (Phi) is 3.15. The Morgan fingerprint density at radius 1 is 1.11 bits per heavy atom. The van der Waals surface area contributed by atoms with Crippen LogP contribution in [0.1, 0.15) is 34.0 Å². The number of esters is 1. The second-order valence-electron chi connectivity index (χ2n) is 4.58. The Morgan fingerprint density at radius 2 is 1.89 bits per heavy atom. The molecule has 0 unspecified atom stereocenters. The predicted molar refractivity (Wildman–Crippen MR) is 71.9 cm³/mol. The number of hydrogen-bond donors (Lipinski definition) is 0. The third kappa shape index (κ3) is 2.31. The van der Waals surface area contributed by atoms with E-state index in [4.69, 9.17) is 4.74 Å². The molecular formula is C15H14O2S. The average Bonchev–Trinajstić information content (AvgIpc) is 2.87. The van der Waals surface area contributed by atoms with E-state index in [0.717, 1.165) is 12.8 Å². The van der Waals surface area contributed by atoms with Gasteiger partial charge in [-0.05, 0) is 36.4 Å². The van der Waals surface area contributed by atoms with E-state index in [1.54, 1.807) is 23.5 Å². The summed E-state index contributed by atoms with van der Waals surface area (Å²) in [5.41, 5.74) is 0.636. The van der Waals surface area contributed by atoms with Gasteiger partial charge in [-0.25, -0.2) is 4.79 Å². The van der Waals surface area contributed by atoms with E-state index in [9.17, 15) is 4.79 Å². The first-order valence-corrected chi connectivity index (χ1v) is 7.00. The maximum Gasteiger partial charge on any atom is 0.338 e. The molecule has 0 N–H and O–H groups in total. The normalized spacial score (nSPS) is 22.2. The van der Waals surface area contributed by atoms with E-state index in [1.165, 1.54) is 4.88 Å². The van der Waals surface area contributed by atoms with Crippen LogP contribution in [0.3, 0.4) is 0 Å². The number of benzene rings is 1. The summed E-state index contributed by atoms with van der Waals surface area (Å²) in [5.74, 6) is 0.379. The molecule has 1 aromatic heterocycles. The molecule has 0 saturated heterocycles. The number of rotatable bonds is 3. The zero-order chi connectivity index (χ0) is 12.4. The Morgan fingerprint density at radius 3 is 2.56 bits per heavy atom. The van der Waals surface area contributed by atoms with Crippen molar-refractivity contribution in [3.05, 3.63) is 58.3 Å². The van der Waals surface area contributed by atoms with Gasteiger partial charge in [0.25, 0.3) is 0 Å². The predicted octanol–water partition coefficient (Wildman–Crippen LogP) is 3.85. The zero-order valence-corrected chi connectivity index (χ0v) is 10.7. The van der Waals surface area contributed by atoms with E-state index in [0.29, 0.717) is 11.5 Å². The molecule has 2 nitrogen and oxygen atoms in total. The number of hydrogen-bond acceptors (Lipinski definition) is 3. The molecule has 0 atom stereocenters. The minimum Gasteiger partial charge on any atom is -0.459 e. The van der Waals surface area contributed by atoms with Crippen LogP contribution in [0.5, 0.6) is 0 Å². The highest BCUT2D eigenvalue weighted by Crippen LogP contribution is 2.40. The molecule has 0 aliphatic heterocycles. The van der Waals surface area contributed by atoms with Gasteiger partial charge in [0.15, 0.2) is 0 Å². The number of ether oxygens (including phenoxy) is 1. The molecule has 1 saturated carbocycles. The molecule has 0 amide bonds. The van der Waals surface area contributed by atoms with E-state index in [-0.39, 0.29) is 12.1 Å². The van der Waals surface area contributed by atoms with Gasteiger partial charge in [0.2, 0.25) is 0 Å². The first-order valence-electron chi connectivity index (χ1n) is 6.12. The fraction of sp³-hybridized carbons (Fsp3) is 0.267. The summed E-state index contributed by atoms with van der Waals surface area (Å²) in [5, 5.41) is 2.10. The van der Waals surface area contributed by atoms with Gasteiger partial charge in [-0.15, -0.1) is 11.3 Å². The van der Waals surface area contributed by atoms with Crippen molar-refractivity contribution in [2.75, 3.05) is 0 Å². The van der Waals surface area contributed by atoms with Gasteiger partial charge < -0.3 is 4.74 Å². The second-order valence-corrected chi connectivity index (χ2v) is 5.56. The zero-order valence-electron chi connectivity index (χ0n) is 9.91. The van der Waals surface area contributed by atoms with E-state index < -0.39 is 0 Å². The number of carbonyl (C=O) groups is 1. The van der Waals surface area contributed by atoms with Crippen LogP contribution < -0.4 is 0 Å². The quantitative estimate of drug-likeness (QED) is 0.782. The van der Waals surface area contributed by atoms with Gasteiger partial charge >= 0.3 is 5.97 Å². The van der Waals surface area contributed by atoms with Crippen LogP contribution in [0.15, 0.2) is 47.8 Å². The van der Waals surface area contributed by atoms with Crippen LogP contribution in [-0.2, 0) is 4.74 Å². The SMILES string of the molecule is O=C(OC1CC(c2cccs2)C1)c1ccccc1. The van der Waals surface area contributed by atoms with Crippen molar-refractivity contribution in [3.8, 4) is 0 Å². The Labute approximate surface area is 110 Å². The van der Waals surface area contributed by atoms with Crippen LogP contribution in [0.25, 0.3) is 0 Å². The van der Waals surface area contributed by atoms with Gasteiger partial charge in [0, 0.05) is 10.8 Å². The maximum absolute atomic E-state index is 11.8. The lowest BCUT2D eigenvalue weighted by Gasteiger charge is -2.34. The summed E-state index contributed by atoms with van der Waals surface area (Å²) in [6.07, 6.45) is 2.00. The van der Waals surface area contributed by atoms with E-state index in [2.05, 4.69) is 17.5 Å². The molecule has 0 spiro atoms. The van der Waals surface area contributed by atoms with Crippen molar-refractivity contribution in [2.45, 2.75) is 24.9 Å². The molecule has 92 valence electrons. The second kappa shape index (κ2) is 4.94. The van der Waals surface area contributed by atoms with Gasteiger partial charge in [-0.3, -0.25) is 0 Å². The van der Waals surface area contributed by atoms with Crippen LogP contribution in [-0.4, -0.2) is 12.1 Å². The molecule has 0 radical (unpaired) electrons.